The van der Waals surface area contributed by atoms with Crippen LogP contribution in [0.25, 0.3) is 10.9 Å². The molecule has 0 aliphatic rings. The van der Waals surface area contributed by atoms with Gasteiger partial charge in [0.1, 0.15) is 17.6 Å². The lowest BCUT2D eigenvalue weighted by atomic mass is 10.1. The van der Waals surface area contributed by atoms with Crippen LogP contribution in [0, 0.1) is 11.3 Å². The lowest BCUT2D eigenvalue weighted by Crippen LogP contribution is -2.32. The average Bonchev–Trinajstić information content (AvgIpc) is 2.76. The van der Waals surface area contributed by atoms with Crippen molar-refractivity contribution in [3.63, 3.8) is 0 Å². The number of nitriles is 1. The van der Waals surface area contributed by atoms with Gasteiger partial charge in [0.2, 0.25) is 0 Å². The van der Waals surface area contributed by atoms with Crippen LogP contribution in [-0.4, -0.2) is 30.3 Å². The Morgan fingerprint density at radius 1 is 1.14 bits per heavy atom. The zero-order chi connectivity index (χ0) is 20.6. The van der Waals surface area contributed by atoms with Crippen LogP contribution in [0.5, 0.6) is 5.75 Å². The Morgan fingerprint density at radius 3 is 2.62 bits per heavy atom. The van der Waals surface area contributed by atoms with Crippen molar-refractivity contribution < 1.29 is 4.74 Å². The van der Waals surface area contributed by atoms with Crippen LogP contribution in [0.4, 0.5) is 11.5 Å². The number of nitrogens with zero attached hydrogens (tertiary/aromatic N) is 2. The second-order valence-corrected chi connectivity index (χ2v) is 6.82. The summed E-state index contributed by atoms with van der Waals surface area (Å²) < 4.78 is 5.23. The van der Waals surface area contributed by atoms with E-state index in [0.717, 1.165) is 28.8 Å². The molecular formula is C22H23N5OS. The molecule has 0 saturated heterocycles. The number of ether oxygens (including phenoxy) is 1. The van der Waals surface area contributed by atoms with Gasteiger partial charge in [0.05, 0.1) is 18.2 Å². The summed E-state index contributed by atoms with van der Waals surface area (Å²) in [6.45, 7) is 3.28. The van der Waals surface area contributed by atoms with Gasteiger partial charge in [-0.3, -0.25) is 0 Å². The Kier molecular flexibility index (Phi) is 6.82. The molecule has 3 N–H and O–H groups in total. The number of hydrogen-bond acceptors (Lipinski definition) is 5. The minimum absolute atomic E-state index is 0.488. The fraction of sp³-hybridized carbons (Fsp3) is 0.227. The van der Waals surface area contributed by atoms with Gasteiger partial charge in [0.15, 0.2) is 5.11 Å². The molecule has 1 heterocycles. The van der Waals surface area contributed by atoms with Crippen molar-refractivity contribution in [2.45, 2.75) is 13.3 Å². The monoisotopic (exact) mass is 405 g/mol. The Hall–Kier alpha value is -3.37. The van der Waals surface area contributed by atoms with E-state index < -0.39 is 0 Å². The molecule has 0 aliphatic carbocycles. The molecule has 148 valence electrons. The summed E-state index contributed by atoms with van der Waals surface area (Å²) in [5.41, 5.74) is 3.52. The normalized spacial score (nSPS) is 10.2. The third-order valence-corrected chi connectivity index (χ3v) is 4.71. The van der Waals surface area contributed by atoms with Crippen molar-refractivity contribution in [3.05, 3.63) is 59.7 Å². The van der Waals surface area contributed by atoms with Crippen molar-refractivity contribution in [2.75, 3.05) is 30.8 Å². The molecule has 6 nitrogen and oxygen atoms in total. The van der Waals surface area contributed by atoms with Gasteiger partial charge < -0.3 is 20.7 Å². The summed E-state index contributed by atoms with van der Waals surface area (Å²) in [6, 6.07) is 17.8. The number of fused-ring (bicyclic) bond motifs is 1. The topological polar surface area (TPSA) is 82.0 Å². The van der Waals surface area contributed by atoms with E-state index in [1.54, 1.807) is 7.11 Å². The van der Waals surface area contributed by atoms with E-state index in [9.17, 15) is 5.26 Å². The summed E-state index contributed by atoms with van der Waals surface area (Å²) in [5.74, 6) is 1.29. The third kappa shape index (κ3) is 5.33. The minimum Gasteiger partial charge on any atom is -0.497 e. The molecule has 0 spiro atoms. The molecule has 3 rings (SSSR count). The zero-order valence-electron chi connectivity index (χ0n) is 16.5. The molecule has 3 aromatic rings. The second kappa shape index (κ2) is 9.71. The van der Waals surface area contributed by atoms with Gasteiger partial charge in [-0.2, -0.15) is 5.26 Å². The van der Waals surface area contributed by atoms with Gasteiger partial charge in [-0.1, -0.05) is 19.1 Å². The smallest absolute Gasteiger partial charge is 0.170 e. The molecule has 0 saturated carbocycles. The van der Waals surface area contributed by atoms with E-state index in [4.69, 9.17) is 17.0 Å². The van der Waals surface area contributed by atoms with Crippen LogP contribution >= 0.6 is 12.2 Å². The van der Waals surface area contributed by atoms with E-state index >= 15 is 0 Å². The molecule has 1 aromatic heterocycles. The summed E-state index contributed by atoms with van der Waals surface area (Å²) in [4.78, 5) is 4.56. The molecule has 0 aliphatic heterocycles. The summed E-state index contributed by atoms with van der Waals surface area (Å²) in [5, 5.41) is 20.4. The molecule has 7 heteroatoms. The van der Waals surface area contributed by atoms with Crippen molar-refractivity contribution in [1.82, 2.24) is 10.3 Å². The van der Waals surface area contributed by atoms with Crippen molar-refractivity contribution in [3.8, 4) is 11.8 Å². The predicted molar refractivity (Wildman–Crippen MR) is 122 cm³/mol. The molecule has 0 amide bonds. The Bertz CT molecular complexity index is 1040. The highest BCUT2D eigenvalue weighted by Crippen LogP contribution is 2.23. The molecule has 0 bridgehead atoms. The fourth-order valence-corrected chi connectivity index (χ4v) is 3.08. The Labute approximate surface area is 175 Å². The maximum atomic E-state index is 9.44. The van der Waals surface area contributed by atoms with Gasteiger partial charge >= 0.3 is 0 Å². The van der Waals surface area contributed by atoms with E-state index in [0.29, 0.717) is 29.6 Å². The quantitative estimate of drug-likeness (QED) is 0.404. The summed E-state index contributed by atoms with van der Waals surface area (Å²) >= 11 is 5.33. The standard InChI is InChI=1S/C22H23N5OS/c1-3-15-4-6-18(7-5-15)26-22(29)25-11-10-24-21-17(14-23)12-16-13-19(28-2)8-9-20(16)27-21/h4-9,12-13H,3,10-11H2,1-2H3,(H,24,27)(H2,25,26,29). The first-order valence-electron chi connectivity index (χ1n) is 9.39. The number of rotatable bonds is 7. The lowest BCUT2D eigenvalue weighted by Gasteiger charge is -2.13. The highest BCUT2D eigenvalue weighted by molar-refractivity contribution is 7.80. The molecule has 0 radical (unpaired) electrons. The van der Waals surface area contributed by atoms with Crippen LogP contribution in [0.3, 0.4) is 0 Å². The van der Waals surface area contributed by atoms with Crippen molar-refractivity contribution in [1.29, 1.82) is 5.26 Å². The van der Waals surface area contributed by atoms with Crippen molar-refractivity contribution >= 4 is 39.7 Å². The number of nitrogens with one attached hydrogen (secondary N) is 3. The van der Waals surface area contributed by atoms with Crippen molar-refractivity contribution in [2.24, 2.45) is 0 Å². The first kappa shape index (κ1) is 20.4. The van der Waals surface area contributed by atoms with Gasteiger partial charge in [-0.05, 0) is 60.6 Å². The van der Waals surface area contributed by atoms with Crippen LogP contribution < -0.4 is 20.7 Å². The molecule has 29 heavy (non-hydrogen) atoms. The first-order valence-corrected chi connectivity index (χ1v) is 9.80. The fourth-order valence-electron chi connectivity index (χ4n) is 2.86. The van der Waals surface area contributed by atoms with E-state index in [-0.39, 0.29) is 0 Å². The number of aryl methyl sites for hydroxylation is 1. The van der Waals surface area contributed by atoms with Crippen LogP contribution in [0.1, 0.15) is 18.1 Å². The van der Waals surface area contributed by atoms with Gasteiger partial charge in [0.25, 0.3) is 0 Å². The second-order valence-electron chi connectivity index (χ2n) is 6.41. The minimum atomic E-state index is 0.488. The molecular weight excluding hydrogens is 382 g/mol. The number of anilines is 2. The van der Waals surface area contributed by atoms with Gasteiger partial charge in [-0.15, -0.1) is 0 Å². The molecule has 0 atom stereocenters. The highest BCUT2D eigenvalue weighted by Gasteiger charge is 2.07. The Morgan fingerprint density at radius 2 is 1.93 bits per heavy atom. The maximum Gasteiger partial charge on any atom is 0.170 e. The third-order valence-electron chi connectivity index (χ3n) is 4.47. The SMILES string of the molecule is CCc1ccc(NC(=S)NCCNc2nc3ccc(OC)cc3cc2C#N)cc1. The highest BCUT2D eigenvalue weighted by atomic mass is 32.1. The average molecular weight is 406 g/mol. The lowest BCUT2D eigenvalue weighted by molar-refractivity contribution is 0.415. The maximum absolute atomic E-state index is 9.44. The predicted octanol–water partition coefficient (Wildman–Crippen LogP) is 4.08. The zero-order valence-corrected chi connectivity index (χ0v) is 17.3. The number of pyridine rings is 1. The van der Waals surface area contributed by atoms with Gasteiger partial charge in [0, 0.05) is 24.2 Å². The number of methoxy groups -OCH3 is 1. The first-order chi connectivity index (χ1) is 14.1. The number of benzene rings is 2. The number of hydrogen-bond donors (Lipinski definition) is 3. The number of aromatic nitrogens is 1. The molecule has 0 fully saturated rings. The van der Waals surface area contributed by atoms with E-state index in [1.807, 2.05) is 36.4 Å². The van der Waals surface area contributed by atoms with E-state index in [2.05, 4.69) is 46.1 Å². The molecule has 0 unspecified atom stereocenters. The number of thiocarbonyl (C=S) groups is 1. The van der Waals surface area contributed by atoms with Crippen LogP contribution in [0.15, 0.2) is 48.5 Å². The Balaban J connectivity index is 1.54. The largest absolute Gasteiger partial charge is 0.497 e. The van der Waals surface area contributed by atoms with Gasteiger partial charge in [-0.25, -0.2) is 4.98 Å². The van der Waals surface area contributed by atoms with Crippen LogP contribution in [-0.2, 0) is 6.42 Å². The van der Waals surface area contributed by atoms with E-state index in [1.165, 1.54) is 5.56 Å². The van der Waals surface area contributed by atoms with Crippen LogP contribution in [0.2, 0.25) is 0 Å². The summed E-state index contributed by atoms with van der Waals surface area (Å²) in [7, 11) is 1.61. The molecule has 2 aromatic carbocycles. The summed E-state index contributed by atoms with van der Waals surface area (Å²) in [6.07, 6.45) is 1.01.